The van der Waals surface area contributed by atoms with E-state index in [9.17, 15) is 10.1 Å². The second-order valence-corrected chi connectivity index (χ2v) is 4.94. The molecule has 2 aromatic carbocycles. The number of hydrogen-bond acceptors (Lipinski definition) is 5. The standard InChI is InChI=1S/C15H18N4O2/c1-11-3-6-13(7-4-11)18(2)10-12-5-8-14(17-16)15(9-12)19(20)21/h3-9,17H,10,16H2,1-2H3. The number of anilines is 2. The highest BCUT2D eigenvalue weighted by Crippen LogP contribution is 2.26. The predicted octanol–water partition coefficient (Wildman–Crippen LogP) is 2.83. The van der Waals surface area contributed by atoms with E-state index in [1.807, 2.05) is 49.2 Å². The third kappa shape index (κ3) is 3.49. The van der Waals surface area contributed by atoms with Crippen molar-refractivity contribution >= 4 is 17.1 Å². The topological polar surface area (TPSA) is 84.4 Å². The van der Waals surface area contributed by atoms with Crippen LogP contribution in [0.15, 0.2) is 42.5 Å². The van der Waals surface area contributed by atoms with Gasteiger partial charge in [-0.1, -0.05) is 23.8 Å². The van der Waals surface area contributed by atoms with Crippen molar-refractivity contribution in [3.05, 3.63) is 63.7 Å². The summed E-state index contributed by atoms with van der Waals surface area (Å²) in [6.45, 7) is 2.61. The lowest BCUT2D eigenvalue weighted by Gasteiger charge is -2.19. The molecule has 2 rings (SSSR count). The van der Waals surface area contributed by atoms with Crippen molar-refractivity contribution in [2.24, 2.45) is 5.84 Å². The zero-order chi connectivity index (χ0) is 15.4. The van der Waals surface area contributed by atoms with Crippen LogP contribution in [0.4, 0.5) is 17.1 Å². The molecule has 0 fully saturated rings. The third-order valence-electron chi connectivity index (χ3n) is 3.31. The lowest BCUT2D eigenvalue weighted by Crippen LogP contribution is -2.16. The van der Waals surface area contributed by atoms with Gasteiger partial charge in [0.15, 0.2) is 0 Å². The highest BCUT2D eigenvalue weighted by Gasteiger charge is 2.14. The van der Waals surface area contributed by atoms with Crippen LogP contribution < -0.4 is 16.2 Å². The molecular formula is C15H18N4O2. The van der Waals surface area contributed by atoms with Crippen LogP contribution in [0, 0.1) is 17.0 Å². The summed E-state index contributed by atoms with van der Waals surface area (Å²) < 4.78 is 0. The van der Waals surface area contributed by atoms with E-state index in [2.05, 4.69) is 5.43 Å². The molecule has 0 saturated heterocycles. The monoisotopic (exact) mass is 286 g/mol. The smallest absolute Gasteiger partial charge is 0.293 e. The van der Waals surface area contributed by atoms with Crippen LogP contribution in [0.5, 0.6) is 0 Å². The van der Waals surface area contributed by atoms with Gasteiger partial charge in [-0.05, 0) is 30.7 Å². The number of nitrogen functional groups attached to an aromatic ring is 1. The summed E-state index contributed by atoms with van der Waals surface area (Å²) in [6, 6.07) is 13.1. The maximum Gasteiger partial charge on any atom is 0.293 e. The Bertz CT molecular complexity index is 641. The van der Waals surface area contributed by atoms with Gasteiger partial charge in [0, 0.05) is 25.3 Å². The Hall–Kier alpha value is -2.60. The Morgan fingerprint density at radius 2 is 1.90 bits per heavy atom. The zero-order valence-electron chi connectivity index (χ0n) is 12.0. The molecule has 0 aliphatic heterocycles. The second kappa shape index (κ2) is 6.23. The van der Waals surface area contributed by atoms with E-state index in [-0.39, 0.29) is 5.69 Å². The van der Waals surface area contributed by atoms with Gasteiger partial charge in [-0.2, -0.15) is 0 Å². The van der Waals surface area contributed by atoms with Crippen LogP contribution in [0.25, 0.3) is 0 Å². The Morgan fingerprint density at radius 1 is 1.24 bits per heavy atom. The fourth-order valence-electron chi connectivity index (χ4n) is 2.11. The molecule has 0 saturated carbocycles. The molecule has 0 aliphatic rings. The maximum atomic E-state index is 11.0. The molecule has 6 heteroatoms. The third-order valence-corrected chi connectivity index (χ3v) is 3.31. The maximum absolute atomic E-state index is 11.0. The molecule has 0 aliphatic carbocycles. The van der Waals surface area contributed by atoms with Crippen LogP contribution >= 0.6 is 0 Å². The molecule has 3 N–H and O–H groups in total. The van der Waals surface area contributed by atoms with E-state index < -0.39 is 4.92 Å². The summed E-state index contributed by atoms with van der Waals surface area (Å²) in [5, 5.41) is 11.0. The summed E-state index contributed by atoms with van der Waals surface area (Å²) in [5.41, 5.74) is 5.73. The van der Waals surface area contributed by atoms with Gasteiger partial charge < -0.3 is 10.3 Å². The van der Waals surface area contributed by atoms with Crippen LogP contribution in [0.2, 0.25) is 0 Å². The van der Waals surface area contributed by atoms with Crippen molar-refractivity contribution in [3.63, 3.8) is 0 Å². The summed E-state index contributed by atoms with van der Waals surface area (Å²) >= 11 is 0. The molecule has 0 bridgehead atoms. The van der Waals surface area contributed by atoms with Gasteiger partial charge in [0.25, 0.3) is 5.69 Å². The van der Waals surface area contributed by atoms with Crippen molar-refractivity contribution < 1.29 is 4.92 Å². The zero-order valence-corrected chi connectivity index (χ0v) is 12.0. The summed E-state index contributed by atoms with van der Waals surface area (Å²) in [4.78, 5) is 12.6. The van der Waals surface area contributed by atoms with Crippen LogP contribution in [0.3, 0.4) is 0 Å². The van der Waals surface area contributed by atoms with Crippen LogP contribution in [-0.4, -0.2) is 12.0 Å². The highest BCUT2D eigenvalue weighted by molar-refractivity contribution is 5.62. The first-order chi connectivity index (χ1) is 10.0. The first-order valence-electron chi connectivity index (χ1n) is 6.53. The van der Waals surface area contributed by atoms with Gasteiger partial charge in [-0.3, -0.25) is 16.0 Å². The quantitative estimate of drug-likeness (QED) is 0.501. The minimum atomic E-state index is -0.440. The Kier molecular flexibility index (Phi) is 4.39. The van der Waals surface area contributed by atoms with Crippen molar-refractivity contribution in [2.75, 3.05) is 17.4 Å². The molecule has 0 spiro atoms. The highest BCUT2D eigenvalue weighted by atomic mass is 16.6. The number of nitrogens with zero attached hydrogens (tertiary/aromatic N) is 2. The van der Waals surface area contributed by atoms with E-state index in [1.54, 1.807) is 12.1 Å². The Labute approximate surface area is 123 Å². The average Bonchev–Trinajstić information content (AvgIpc) is 2.47. The van der Waals surface area contributed by atoms with E-state index in [0.29, 0.717) is 12.2 Å². The van der Waals surface area contributed by atoms with E-state index in [4.69, 9.17) is 5.84 Å². The van der Waals surface area contributed by atoms with E-state index in [1.165, 1.54) is 5.56 Å². The summed E-state index contributed by atoms with van der Waals surface area (Å²) in [6.07, 6.45) is 0. The number of hydrogen-bond donors (Lipinski definition) is 2. The number of nitro groups is 1. The van der Waals surface area contributed by atoms with Crippen molar-refractivity contribution in [3.8, 4) is 0 Å². The molecule has 6 nitrogen and oxygen atoms in total. The molecule has 110 valence electrons. The average molecular weight is 286 g/mol. The molecule has 2 aromatic rings. The molecule has 0 atom stereocenters. The Morgan fingerprint density at radius 3 is 2.48 bits per heavy atom. The van der Waals surface area contributed by atoms with Crippen LogP contribution in [-0.2, 0) is 6.54 Å². The number of hydrazine groups is 1. The normalized spacial score (nSPS) is 10.2. The fraction of sp³-hybridized carbons (Fsp3) is 0.200. The molecule has 0 aromatic heterocycles. The first kappa shape index (κ1) is 14.8. The number of aryl methyl sites for hydroxylation is 1. The number of benzene rings is 2. The summed E-state index contributed by atoms with van der Waals surface area (Å²) in [5.74, 6) is 5.28. The van der Waals surface area contributed by atoms with Gasteiger partial charge >= 0.3 is 0 Å². The SMILES string of the molecule is Cc1ccc(N(C)Cc2ccc(NN)c([N+](=O)[O-])c2)cc1. The molecule has 0 amide bonds. The second-order valence-electron chi connectivity index (χ2n) is 4.94. The number of nitro benzene ring substituents is 1. The molecule has 21 heavy (non-hydrogen) atoms. The minimum absolute atomic E-state index is 0.0210. The molecule has 0 unspecified atom stereocenters. The molecule has 0 radical (unpaired) electrons. The number of nitrogens with one attached hydrogen (secondary N) is 1. The van der Waals surface area contributed by atoms with Gasteiger partial charge in [-0.15, -0.1) is 0 Å². The van der Waals surface area contributed by atoms with Crippen molar-refractivity contribution in [1.82, 2.24) is 0 Å². The number of rotatable bonds is 5. The van der Waals surface area contributed by atoms with Gasteiger partial charge in [0.2, 0.25) is 0 Å². The summed E-state index contributed by atoms with van der Waals surface area (Å²) in [7, 11) is 1.95. The molecule has 0 heterocycles. The largest absolute Gasteiger partial charge is 0.370 e. The fourth-order valence-corrected chi connectivity index (χ4v) is 2.11. The Balaban J connectivity index is 2.21. The number of nitrogens with two attached hydrogens (primary N) is 1. The lowest BCUT2D eigenvalue weighted by atomic mass is 10.1. The lowest BCUT2D eigenvalue weighted by molar-refractivity contribution is -0.384. The van der Waals surface area contributed by atoms with Crippen LogP contribution in [0.1, 0.15) is 11.1 Å². The van der Waals surface area contributed by atoms with E-state index in [0.717, 1.165) is 11.3 Å². The van der Waals surface area contributed by atoms with Crippen molar-refractivity contribution in [2.45, 2.75) is 13.5 Å². The predicted molar refractivity (Wildman–Crippen MR) is 84.2 cm³/mol. The van der Waals surface area contributed by atoms with Gasteiger partial charge in [0.05, 0.1) is 4.92 Å². The van der Waals surface area contributed by atoms with E-state index >= 15 is 0 Å². The van der Waals surface area contributed by atoms with Crippen molar-refractivity contribution in [1.29, 1.82) is 0 Å². The minimum Gasteiger partial charge on any atom is -0.370 e. The first-order valence-corrected chi connectivity index (χ1v) is 6.53. The van der Waals surface area contributed by atoms with Gasteiger partial charge in [-0.25, -0.2) is 0 Å². The van der Waals surface area contributed by atoms with Gasteiger partial charge in [0.1, 0.15) is 5.69 Å². The molecular weight excluding hydrogens is 268 g/mol.